The van der Waals surface area contributed by atoms with E-state index in [4.69, 9.17) is 9.47 Å². The van der Waals surface area contributed by atoms with Gasteiger partial charge in [0.25, 0.3) is 0 Å². The number of rotatable bonds is 9. The summed E-state index contributed by atoms with van der Waals surface area (Å²) in [4.78, 5) is 0. The molecule has 118 valence electrons. The van der Waals surface area contributed by atoms with Gasteiger partial charge in [0, 0.05) is 6.54 Å². The highest BCUT2D eigenvalue weighted by Gasteiger charge is 2.07. The van der Waals surface area contributed by atoms with Crippen LogP contribution >= 0.6 is 0 Å². The number of anilines is 1. The molecule has 0 spiro atoms. The van der Waals surface area contributed by atoms with Crippen molar-refractivity contribution >= 4 is 5.95 Å². The van der Waals surface area contributed by atoms with Crippen LogP contribution in [0.2, 0.25) is 0 Å². The first-order chi connectivity index (χ1) is 10.8. The average molecular weight is 303 g/mol. The second-order valence-electron chi connectivity index (χ2n) is 4.66. The average Bonchev–Trinajstić information content (AvgIpc) is 2.99. The molecule has 1 aromatic heterocycles. The lowest BCUT2D eigenvalue weighted by molar-refractivity contribution is 0.294. The van der Waals surface area contributed by atoms with Crippen LogP contribution in [0.4, 0.5) is 5.95 Å². The number of hydrogen-bond acceptors (Lipinski definition) is 6. The van der Waals surface area contributed by atoms with Gasteiger partial charge in [-0.05, 0) is 34.5 Å². The maximum absolute atomic E-state index is 5.64. The van der Waals surface area contributed by atoms with Crippen LogP contribution in [0.3, 0.4) is 0 Å². The third-order valence-electron chi connectivity index (χ3n) is 2.97. The highest BCUT2D eigenvalue weighted by atomic mass is 16.5. The van der Waals surface area contributed by atoms with E-state index in [9.17, 15) is 0 Å². The highest BCUT2D eigenvalue weighted by Crippen LogP contribution is 2.28. The van der Waals surface area contributed by atoms with E-state index in [0.717, 1.165) is 23.5 Å². The number of nitrogens with one attached hydrogen (secondary N) is 1. The number of hydrogen-bond donors (Lipinski definition) is 1. The van der Waals surface area contributed by atoms with Crippen LogP contribution in [0.5, 0.6) is 11.5 Å². The van der Waals surface area contributed by atoms with Crippen molar-refractivity contribution in [2.24, 2.45) is 0 Å². The Morgan fingerprint density at radius 3 is 2.95 bits per heavy atom. The first-order valence-electron chi connectivity index (χ1n) is 7.19. The molecule has 0 radical (unpaired) electrons. The summed E-state index contributed by atoms with van der Waals surface area (Å²) in [5, 5.41) is 14.6. The molecule has 1 heterocycles. The molecule has 0 saturated heterocycles. The Balaban J connectivity index is 2.03. The van der Waals surface area contributed by atoms with Crippen LogP contribution < -0.4 is 14.8 Å². The Hall–Kier alpha value is -2.57. The minimum Gasteiger partial charge on any atom is -0.493 e. The van der Waals surface area contributed by atoms with E-state index >= 15 is 0 Å². The Morgan fingerprint density at radius 2 is 2.23 bits per heavy atom. The zero-order valence-electron chi connectivity index (χ0n) is 13.0. The van der Waals surface area contributed by atoms with Crippen molar-refractivity contribution in [1.29, 1.82) is 0 Å². The van der Waals surface area contributed by atoms with Gasteiger partial charge in [0.1, 0.15) is 0 Å². The summed E-state index contributed by atoms with van der Waals surface area (Å²) in [6.07, 6.45) is 2.70. The molecule has 22 heavy (non-hydrogen) atoms. The summed E-state index contributed by atoms with van der Waals surface area (Å²) in [7, 11) is 1.63. The van der Waals surface area contributed by atoms with Crippen LogP contribution in [0.1, 0.15) is 18.9 Å². The van der Waals surface area contributed by atoms with E-state index in [1.54, 1.807) is 17.9 Å². The lowest BCUT2D eigenvalue weighted by Gasteiger charge is -2.12. The molecule has 2 rings (SSSR count). The van der Waals surface area contributed by atoms with Crippen molar-refractivity contribution in [2.45, 2.75) is 26.4 Å². The van der Waals surface area contributed by atoms with Gasteiger partial charge < -0.3 is 14.8 Å². The highest BCUT2D eigenvalue weighted by molar-refractivity contribution is 5.43. The Morgan fingerprint density at radius 1 is 1.36 bits per heavy atom. The van der Waals surface area contributed by atoms with Crippen LogP contribution in [0.15, 0.2) is 30.9 Å². The predicted molar refractivity (Wildman–Crippen MR) is 84.1 cm³/mol. The minimum absolute atomic E-state index is 0.558. The van der Waals surface area contributed by atoms with Gasteiger partial charge >= 0.3 is 0 Å². The van der Waals surface area contributed by atoms with Crippen molar-refractivity contribution < 1.29 is 9.47 Å². The molecule has 7 heteroatoms. The van der Waals surface area contributed by atoms with Gasteiger partial charge in [0.2, 0.25) is 5.95 Å². The summed E-state index contributed by atoms with van der Waals surface area (Å²) < 4.78 is 12.7. The molecule has 0 aliphatic carbocycles. The van der Waals surface area contributed by atoms with Crippen LogP contribution in [-0.4, -0.2) is 33.9 Å². The Bertz CT molecular complexity index is 612. The van der Waals surface area contributed by atoms with Crippen LogP contribution in [-0.2, 0) is 13.1 Å². The topological polar surface area (TPSA) is 74.1 Å². The Kier molecular flexibility index (Phi) is 5.76. The smallest absolute Gasteiger partial charge is 0.243 e. The molecule has 0 atom stereocenters. The van der Waals surface area contributed by atoms with Crippen LogP contribution in [0, 0.1) is 0 Å². The van der Waals surface area contributed by atoms with E-state index in [1.807, 2.05) is 18.2 Å². The van der Waals surface area contributed by atoms with Gasteiger partial charge in [-0.25, -0.2) is 4.68 Å². The van der Waals surface area contributed by atoms with Crippen molar-refractivity contribution in [3.05, 3.63) is 36.4 Å². The van der Waals surface area contributed by atoms with E-state index in [1.165, 1.54) is 0 Å². The van der Waals surface area contributed by atoms with Crippen molar-refractivity contribution in [3.63, 3.8) is 0 Å². The summed E-state index contributed by atoms with van der Waals surface area (Å²) in [5.41, 5.74) is 1.05. The molecule has 0 fully saturated rings. The molecule has 0 unspecified atom stereocenters. The zero-order valence-corrected chi connectivity index (χ0v) is 13.0. The van der Waals surface area contributed by atoms with E-state index in [0.29, 0.717) is 25.6 Å². The molecule has 0 aliphatic heterocycles. The van der Waals surface area contributed by atoms with Crippen molar-refractivity contribution in [3.8, 4) is 11.5 Å². The predicted octanol–water partition coefficient (Wildman–Crippen LogP) is 2.27. The van der Waals surface area contributed by atoms with Crippen molar-refractivity contribution in [1.82, 2.24) is 20.2 Å². The largest absolute Gasteiger partial charge is 0.493 e. The number of aromatic nitrogens is 4. The van der Waals surface area contributed by atoms with E-state index in [2.05, 4.69) is 34.3 Å². The molecule has 7 nitrogen and oxygen atoms in total. The summed E-state index contributed by atoms with van der Waals surface area (Å²) >= 11 is 0. The zero-order chi connectivity index (χ0) is 15.8. The summed E-state index contributed by atoms with van der Waals surface area (Å²) in [6, 6.07) is 5.85. The van der Waals surface area contributed by atoms with Crippen LogP contribution in [0.25, 0.3) is 0 Å². The van der Waals surface area contributed by atoms with E-state index < -0.39 is 0 Å². The van der Waals surface area contributed by atoms with Gasteiger partial charge in [-0.3, -0.25) is 0 Å². The standard InChI is InChI=1S/C15H21N5O2/c1-4-8-20-15(17-18-19-20)16-11-12-6-7-13(22-9-5-2)14(10-12)21-3/h4,6-7,10H,1,5,8-9,11H2,2-3H3,(H,16,17,19). The third kappa shape index (κ3) is 3.97. The lowest BCUT2D eigenvalue weighted by atomic mass is 10.2. The van der Waals surface area contributed by atoms with Gasteiger partial charge in [-0.15, -0.1) is 6.58 Å². The van der Waals surface area contributed by atoms with Crippen molar-refractivity contribution in [2.75, 3.05) is 19.0 Å². The minimum atomic E-state index is 0.558. The molecule has 0 amide bonds. The molecule has 1 aromatic carbocycles. The molecule has 0 saturated carbocycles. The molecule has 0 bridgehead atoms. The van der Waals surface area contributed by atoms with Gasteiger partial charge in [0.15, 0.2) is 11.5 Å². The fraction of sp³-hybridized carbons (Fsp3) is 0.400. The van der Waals surface area contributed by atoms with Gasteiger partial charge in [0.05, 0.1) is 20.3 Å². The number of nitrogens with zero attached hydrogens (tertiary/aromatic N) is 4. The summed E-state index contributed by atoms with van der Waals surface area (Å²) in [6.45, 7) is 7.56. The lowest BCUT2D eigenvalue weighted by Crippen LogP contribution is -2.08. The number of methoxy groups -OCH3 is 1. The second-order valence-corrected chi connectivity index (χ2v) is 4.66. The fourth-order valence-corrected chi connectivity index (χ4v) is 1.91. The Labute approximate surface area is 129 Å². The second kappa shape index (κ2) is 8.02. The molecular formula is C15H21N5O2. The number of allylic oxidation sites excluding steroid dienone is 1. The number of tetrazole rings is 1. The molecule has 2 aromatic rings. The van der Waals surface area contributed by atoms with Gasteiger partial charge in [-0.2, -0.15) is 0 Å². The van der Waals surface area contributed by atoms with Gasteiger partial charge in [-0.1, -0.05) is 24.2 Å². The maximum atomic E-state index is 5.64. The molecule has 1 N–H and O–H groups in total. The number of benzene rings is 1. The quantitative estimate of drug-likeness (QED) is 0.716. The molecular weight excluding hydrogens is 282 g/mol. The third-order valence-corrected chi connectivity index (χ3v) is 2.97. The first kappa shape index (κ1) is 15.8. The first-order valence-corrected chi connectivity index (χ1v) is 7.19. The summed E-state index contributed by atoms with van der Waals surface area (Å²) in [5.74, 6) is 2.08. The molecule has 0 aliphatic rings. The maximum Gasteiger partial charge on any atom is 0.243 e. The van der Waals surface area contributed by atoms with E-state index in [-0.39, 0.29) is 0 Å². The number of ether oxygens (including phenoxy) is 2. The SMILES string of the molecule is C=CCn1nnnc1NCc1ccc(OCCC)c(OC)c1. The monoisotopic (exact) mass is 303 g/mol. The normalized spacial score (nSPS) is 10.3. The fourth-order valence-electron chi connectivity index (χ4n) is 1.91.